The third-order valence-electron chi connectivity index (χ3n) is 4.85. The summed E-state index contributed by atoms with van der Waals surface area (Å²) in [7, 11) is 0. The molecule has 1 aliphatic carbocycles. The van der Waals surface area contributed by atoms with Crippen LogP contribution in [0.2, 0.25) is 0 Å². The zero-order chi connectivity index (χ0) is 16.4. The van der Waals surface area contributed by atoms with Crippen molar-refractivity contribution in [2.75, 3.05) is 18.5 Å². The maximum absolute atomic E-state index is 9.82. The second-order valence-corrected chi connectivity index (χ2v) is 7.36. The summed E-state index contributed by atoms with van der Waals surface area (Å²) in [5, 5.41) is 16.4. The Bertz CT molecular complexity index is 827. The van der Waals surface area contributed by atoms with Crippen molar-refractivity contribution < 1.29 is 5.11 Å². The van der Waals surface area contributed by atoms with E-state index in [-0.39, 0.29) is 12.0 Å². The van der Waals surface area contributed by atoms with Gasteiger partial charge in [0, 0.05) is 18.2 Å². The monoisotopic (exact) mass is 340 g/mol. The van der Waals surface area contributed by atoms with Crippen molar-refractivity contribution in [1.29, 1.82) is 0 Å². The van der Waals surface area contributed by atoms with Crippen molar-refractivity contribution in [2.24, 2.45) is 5.41 Å². The molecular weight excluding hydrogens is 320 g/mol. The van der Waals surface area contributed by atoms with E-state index in [1.165, 1.54) is 12.8 Å². The summed E-state index contributed by atoms with van der Waals surface area (Å²) >= 11 is 1.61. The van der Waals surface area contributed by atoms with Crippen LogP contribution in [0.1, 0.15) is 25.7 Å². The molecular formula is C18H20N4OS. The van der Waals surface area contributed by atoms with E-state index in [1.807, 2.05) is 29.6 Å². The highest BCUT2D eigenvalue weighted by Gasteiger charge is 2.33. The lowest BCUT2D eigenvalue weighted by atomic mass is 9.87. The number of thiophene rings is 1. The second kappa shape index (κ2) is 6.45. The normalized spacial score (nSPS) is 16.5. The third-order valence-corrected chi connectivity index (χ3v) is 5.66. The summed E-state index contributed by atoms with van der Waals surface area (Å²) in [5.74, 6) is 1.47. The summed E-state index contributed by atoms with van der Waals surface area (Å²) in [5.41, 5.74) is 0.756. The van der Waals surface area contributed by atoms with Gasteiger partial charge in [-0.15, -0.1) is 11.3 Å². The first-order valence-corrected chi connectivity index (χ1v) is 9.19. The zero-order valence-corrected chi connectivity index (χ0v) is 14.2. The molecule has 1 fully saturated rings. The van der Waals surface area contributed by atoms with Crippen LogP contribution in [0.5, 0.6) is 0 Å². The Morgan fingerprint density at radius 2 is 2.04 bits per heavy atom. The number of aliphatic hydroxyl groups is 1. The van der Waals surface area contributed by atoms with Gasteiger partial charge in [-0.1, -0.05) is 18.9 Å². The summed E-state index contributed by atoms with van der Waals surface area (Å²) in [6.45, 7) is 0.970. The Labute approximate surface area is 144 Å². The smallest absolute Gasteiger partial charge is 0.181 e. The van der Waals surface area contributed by atoms with Gasteiger partial charge in [-0.2, -0.15) is 0 Å². The van der Waals surface area contributed by atoms with E-state index in [0.717, 1.165) is 41.1 Å². The van der Waals surface area contributed by atoms with Gasteiger partial charge in [0.2, 0.25) is 0 Å². The van der Waals surface area contributed by atoms with Crippen LogP contribution in [0, 0.1) is 5.41 Å². The number of hydrogen-bond donors (Lipinski definition) is 2. The van der Waals surface area contributed by atoms with Crippen LogP contribution in [0.15, 0.2) is 35.8 Å². The standard InChI is InChI=1S/C18H20N4OS/c23-12-18(7-2-3-8-18)11-20-15-13-6-10-24-17(13)22-16(21-15)14-5-1-4-9-19-14/h1,4-6,9-10,23H,2-3,7-8,11-12H2,(H,20,21,22). The molecule has 0 aliphatic heterocycles. The summed E-state index contributed by atoms with van der Waals surface area (Å²) in [6, 6.07) is 7.80. The molecule has 1 aliphatic rings. The molecule has 124 valence electrons. The van der Waals surface area contributed by atoms with Crippen molar-refractivity contribution in [1.82, 2.24) is 15.0 Å². The quantitative estimate of drug-likeness (QED) is 0.741. The van der Waals surface area contributed by atoms with E-state index in [2.05, 4.69) is 15.3 Å². The zero-order valence-electron chi connectivity index (χ0n) is 13.4. The van der Waals surface area contributed by atoms with Crippen molar-refractivity contribution in [3.63, 3.8) is 0 Å². The highest BCUT2D eigenvalue weighted by atomic mass is 32.1. The van der Waals surface area contributed by atoms with Gasteiger partial charge in [0.15, 0.2) is 5.82 Å². The number of rotatable bonds is 5. The van der Waals surface area contributed by atoms with Crippen molar-refractivity contribution in [3.05, 3.63) is 35.8 Å². The molecule has 0 radical (unpaired) electrons. The molecule has 0 saturated heterocycles. The predicted molar refractivity (Wildman–Crippen MR) is 97.1 cm³/mol. The molecule has 3 aromatic rings. The van der Waals surface area contributed by atoms with Gasteiger partial charge in [-0.05, 0) is 36.4 Å². The average molecular weight is 340 g/mol. The Kier molecular flexibility index (Phi) is 4.16. The fraction of sp³-hybridized carbons (Fsp3) is 0.389. The molecule has 0 amide bonds. The highest BCUT2D eigenvalue weighted by Crippen LogP contribution is 2.38. The van der Waals surface area contributed by atoms with Crippen LogP contribution in [0.25, 0.3) is 21.7 Å². The van der Waals surface area contributed by atoms with Gasteiger partial charge < -0.3 is 10.4 Å². The number of aromatic nitrogens is 3. The average Bonchev–Trinajstić information content (AvgIpc) is 3.30. The molecule has 0 aromatic carbocycles. The van der Waals surface area contributed by atoms with Crippen LogP contribution in [-0.2, 0) is 0 Å². The van der Waals surface area contributed by atoms with E-state index in [1.54, 1.807) is 17.5 Å². The largest absolute Gasteiger partial charge is 0.396 e. The molecule has 3 aromatic heterocycles. The number of aliphatic hydroxyl groups excluding tert-OH is 1. The van der Waals surface area contributed by atoms with Gasteiger partial charge in [0.1, 0.15) is 16.3 Å². The fourth-order valence-electron chi connectivity index (χ4n) is 3.39. The molecule has 0 bridgehead atoms. The molecule has 0 spiro atoms. The lowest BCUT2D eigenvalue weighted by molar-refractivity contribution is 0.142. The molecule has 3 heterocycles. The maximum atomic E-state index is 9.82. The third kappa shape index (κ3) is 2.87. The van der Waals surface area contributed by atoms with Gasteiger partial charge >= 0.3 is 0 Å². The van der Waals surface area contributed by atoms with Gasteiger partial charge in [0.05, 0.1) is 12.0 Å². The Balaban J connectivity index is 1.68. The van der Waals surface area contributed by atoms with E-state index >= 15 is 0 Å². The van der Waals surface area contributed by atoms with Crippen LogP contribution < -0.4 is 5.32 Å². The second-order valence-electron chi connectivity index (χ2n) is 6.47. The van der Waals surface area contributed by atoms with E-state index in [9.17, 15) is 5.11 Å². The van der Waals surface area contributed by atoms with Gasteiger partial charge in [-0.25, -0.2) is 9.97 Å². The number of pyridine rings is 1. The first kappa shape index (κ1) is 15.5. The van der Waals surface area contributed by atoms with Gasteiger partial charge in [-0.3, -0.25) is 4.98 Å². The van der Waals surface area contributed by atoms with Crippen molar-refractivity contribution in [2.45, 2.75) is 25.7 Å². The van der Waals surface area contributed by atoms with Gasteiger partial charge in [0.25, 0.3) is 0 Å². The molecule has 0 atom stereocenters. The van der Waals surface area contributed by atoms with Crippen LogP contribution in [0.4, 0.5) is 5.82 Å². The van der Waals surface area contributed by atoms with Crippen molar-refractivity contribution in [3.8, 4) is 11.5 Å². The molecule has 24 heavy (non-hydrogen) atoms. The molecule has 0 unspecified atom stereocenters. The first-order valence-electron chi connectivity index (χ1n) is 8.31. The summed E-state index contributed by atoms with van der Waals surface area (Å²) in [4.78, 5) is 14.7. The summed E-state index contributed by atoms with van der Waals surface area (Å²) in [6.07, 6.45) is 6.28. The molecule has 4 rings (SSSR count). The first-order chi connectivity index (χ1) is 11.8. The van der Waals surface area contributed by atoms with E-state index in [0.29, 0.717) is 5.82 Å². The van der Waals surface area contributed by atoms with Crippen molar-refractivity contribution >= 4 is 27.4 Å². The molecule has 2 N–H and O–H groups in total. The van der Waals surface area contributed by atoms with Crippen LogP contribution in [-0.4, -0.2) is 33.2 Å². The number of nitrogens with one attached hydrogen (secondary N) is 1. The SMILES string of the molecule is OCC1(CNc2nc(-c3ccccn3)nc3sccc23)CCCC1. The topological polar surface area (TPSA) is 70.9 Å². The fourth-order valence-corrected chi connectivity index (χ4v) is 4.15. The van der Waals surface area contributed by atoms with Crippen LogP contribution in [0.3, 0.4) is 0 Å². The van der Waals surface area contributed by atoms with E-state index in [4.69, 9.17) is 4.98 Å². The molecule has 6 heteroatoms. The molecule has 5 nitrogen and oxygen atoms in total. The minimum Gasteiger partial charge on any atom is -0.396 e. The highest BCUT2D eigenvalue weighted by molar-refractivity contribution is 7.16. The minimum absolute atomic E-state index is 0.0154. The lowest BCUT2D eigenvalue weighted by Gasteiger charge is -2.27. The minimum atomic E-state index is -0.0154. The lowest BCUT2D eigenvalue weighted by Crippen LogP contribution is -2.30. The number of anilines is 1. The number of nitrogens with zero attached hydrogens (tertiary/aromatic N) is 3. The Morgan fingerprint density at radius 3 is 2.79 bits per heavy atom. The number of fused-ring (bicyclic) bond motifs is 1. The molecule has 1 saturated carbocycles. The van der Waals surface area contributed by atoms with E-state index < -0.39 is 0 Å². The maximum Gasteiger partial charge on any atom is 0.181 e. The Morgan fingerprint density at radius 1 is 1.17 bits per heavy atom. The summed E-state index contributed by atoms with van der Waals surface area (Å²) < 4.78 is 0. The number of hydrogen-bond acceptors (Lipinski definition) is 6. The Hall–Kier alpha value is -2.05. The predicted octanol–water partition coefficient (Wildman–Crippen LogP) is 3.72. The van der Waals surface area contributed by atoms with Crippen LogP contribution >= 0.6 is 11.3 Å².